The van der Waals surface area contributed by atoms with Gasteiger partial charge in [0.15, 0.2) is 15.8 Å². The van der Waals surface area contributed by atoms with Gasteiger partial charge in [0.2, 0.25) is 0 Å². The lowest BCUT2D eigenvalue weighted by Crippen LogP contribution is -2.44. The molecule has 0 unspecified atom stereocenters. The van der Waals surface area contributed by atoms with Crippen molar-refractivity contribution in [1.82, 2.24) is 9.84 Å². The summed E-state index contributed by atoms with van der Waals surface area (Å²) in [6, 6.07) is 10.8. The minimum atomic E-state index is -3.96. The zero-order valence-corrected chi connectivity index (χ0v) is 17.3. The number of hydrazine groups is 1. The second kappa shape index (κ2) is 7.92. The minimum absolute atomic E-state index is 0.0272. The molecule has 10 heteroatoms. The van der Waals surface area contributed by atoms with E-state index < -0.39 is 15.9 Å². The van der Waals surface area contributed by atoms with Gasteiger partial charge in [-0.05, 0) is 42.8 Å². The Bertz CT molecular complexity index is 1080. The summed E-state index contributed by atoms with van der Waals surface area (Å²) >= 11 is 6.13. The van der Waals surface area contributed by atoms with Crippen LogP contribution < -0.4 is 9.57 Å². The number of carbonyl (C=O) groups is 1. The van der Waals surface area contributed by atoms with Gasteiger partial charge in [0.1, 0.15) is 0 Å². The predicted octanol–water partition coefficient (Wildman–Crippen LogP) is 2.80. The van der Waals surface area contributed by atoms with Crippen molar-refractivity contribution in [3.8, 4) is 11.5 Å². The standard InChI is InChI=1S/C18H16N2O5S3/c1-11-3-6-13(7-4-11)28(23,24)19-20-17(22)16(27-18(20)26)10-12-5-8-14(21)15(9-12)25-2/h3-10,19,21H,1-2H3/b16-10+. The van der Waals surface area contributed by atoms with Crippen LogP contribution in [0.5, 0.6) is 11.5 Å². The smallest absolute Gasteiger partial charge is 0.281 e. The van der Waals surface area contributed by atoms with Crippen molar-refractivity contribution in [2.45, 2.75) is 11.8 Å². The molecule has 1 saturated heterocycles. The van der Waals surface area contributed by atoms with Gasteiger partial charge in [0.25, 0.3) is 15.9 Å². The van der Waals surface area contributed by atoms with Crippen LogP contribution in [-0.4, -0.2) is 35.9 Å². The maximum Gasteiger partial charge on any atom is 0.281 e. The van der Waals surface area contributed by atoms with Gasteiger partial charge in [-0.15, -0.1) is 4.83 Å². The number of aromatic hydroxyl groups is 1. The van der Waals surface area contributed by atoms with Crippen molar-refractivity contribution in [3.63, 3.8) is 0 Å². The van der Waals surface area contributed by atoms with Crippen LogP contribution in [0.4, 0.5) is 0 Å². The molecule has 0 aliphatic carbocycles. The van der Waals surface area contributed by atoms with Crippen LogP contribution in [0.25, 0.3) is 6.08 Å². The molecule has 1 aliphatic heterocycles. The summed E-state index contributed by atoms with van der Waals surface area (Å²) in [4.78, 5) is 15.1. The number of ether oxygens (including phenoxy) is 1. The number of benzene rings is 2. The monoisotopic (exact) mass is 436 g/mol. The number of amides is 1. The highest BCUT2D eigenvalue weighted by Gasteiger charge is 2.35. The Morgan fingerprint density at radius 3 is 2.54 bits per heavy atom. The van der Waals surface area contributed by atoms with Crippen LogP contribution in [-0.2, 0) is 14.8 Å². The van der Waals surface area contributed by atoms with E-state index in [4.69, 9.17) is 17.0 Å². The number of sulfonamides is 1. The third kappa shape index (κ3) is 4.20. The van der Waals surface area contributed by atoms with Gasteiger partial charge in [-0.2, -0.15) is 0 Å². The van der Waals surface area contributed by atoms with Crippen molar-refractivity contribution >= 4 is 50.3 Å². The van der Waals surface area contributed by atoms with Crippen molar-refractivity contribution < 1.29 is 23.1 Å². The first-order chi connectivity index (χ1) is 13.2. The van der Waals surface area contributed by atoms with Gasteiger partial charge in [0.05, 0.1) is 16.9 Å². The number of phenolic OH excluding ortho intramolecular Hbond substituents is 1. The summed E-state index contributed by atoms with van der Waals surface area (Å²) in [5.74, 6) is -0.361. The largest absolute Gasteiger partial charge is 0.504 e. The SMILES string of the molecule is COc1cc(/C=C2/SC(=S)N(NS(=O)(=O)c3ccc(C)cc3)C2=O)ccc1O. The first kappa shape index (κ1) is 20.3. The number of hydrogen-bond donors (Lipinski definition) is 2. The van der Waals surface area contributed by atoms with Gasteiger partial charge < -0.3 is 9.84 Å². The van der Waals surface area contributed by atoms with Crippen molar-refractivity contribution in [2.75, 3.05) is 7.11 Å². The Balaban J connectivity index is 1.84. The molecule has 3 rings (SSSR count). The summed E-state index contributed by atoms with van der Waals surface area (Å²) in [6.45, 7) is 1.84. The van der Waals surface area contributed by atoms with Gasteiger partial charge in [-0.1, -0.05) is 47.7 Å². The molecule has 1 aliphatic rings. The van der Waals surface area contributed by atoms with Crippen molar-refractivity contribution in [3.05, 3.63) is 58.5 Å². The number of nitrogens with one attached hydrogen (secondary N) is 1. The number of phenols is 1. The van der Waals surface area contributed by atoms with E-state index >= 15 is 0 Å². The molecule has 146 valence electrons. The molecule has 0 spiro atoms. The highest BCUT2D eigenvalue weighted by molar-refractivity contribution is 8.26. The summed E-state index contributed by atoms with van der Waals surface area (Å²) in [7, 11) is -2.55. The molecule has 1 fully saturated rings. The average Bonchev–Trinajstić information content (AvgIpc) is 2.90. The zero-order chi connectivity index (χ0) is 20.5. The summed E-state index contributed by atoms with van der Waals surface area (Å²) in [5.41, 5.74) is 1.51. The summed E-state index contributed by atoms with van der Waals surface area (Å²) < 4.78 is 30.2. The number of methoxy groups -OCH3 is 1. The third-order valence-electron chi connectivity index (χ3n) is 3.84. The van der Waals surface area contributed by atoms with E-state index in [1.165, 1.54) is 25.3 Å². The van der Waals surface area contributed by atoms with E-state index in [0.717, 1.165) is 22.3 Å². The Hall–Kier alpha value is -2.40. The molecule has 2 N–H and O–H groups in total. The van der Waals surface area contributed by atoms with E-state index in [1.54, 1.807) is 30.3 Å². The number of rotatable bonds is 5. The molecule has 0 saturated carbocycles. The quantitative estimate of drug-likeness (QED) is 0.550. The van der Waals surface area contributed by atoms with E-state index in [0.29, 0.717) is 5.56 Å². The predicted molar refractivity (Wildman–Crippen MR) is 111 cm³/mol. The Morgan fingerprint density at radius 1 is 1.21 bits per heavy atom. The Kier molecular flexibility index (Phi) is 5.75. The van der Waals surface area contributed by atoms with Crippen LogP contribution >= 0.6 is 24.0 Å². The van der Waals surface area contributed by atoms with Crippen LogP contribution in [0, 0.1) is 6.92 Å². The lowest BCUT2D eigenvalue weighted by molar-refractivity contribution is -0.123. The number of nitrogens with zero attached hydrogens (tertiary/aromatic N) is 1. The second-order valence-corrected chi connectivity index (χ2v) is 9.19. The van der Waals surface area contributed by atoms with E-state index in [9.17, 15) is 18.3 Å². The highest BCUT2D eigenvalue weighted by Crippen LogP contribution is 2.34. The summed E-state index contributed by atoms with van der Waals surface area (Å²) in [6.07, 6.45) is 1.54. The number of thioether (sulfide) groups is 1. The maximum atomic E-state index is 12.6. The Labute approximate surface area is 172 Å². The number of carbonyl (C=O) groups excluding carboxylic acids is 1. The molecule has 2 aromatic carbocycles. The molecule has 0 atom stereocenters. The van der Waals surface area contributed by atoms with Crippen molar-refractivity contribution in [2.24, 2.45) is 0 Å². The zero-order valence-electron chi connectivity index (χ0n) is 14.9. The van der Waals surface area contributed by atoms with Crippen molar-refractivity contribution in [1.29, 1.82) is 0 Å². The fraction of sp³-hybridized carbons (Fsp3) is 0.111. The first-order valence-corrected chi connectivity index (χ1v) is 10.7. The van der Waals surface area contributed by atoms with Gasteiger partial charge in [0, 0.05) is 0 Å². The van der Waals surface area contributed by atoms with Gasteiger partial charge >= 0.3 is 0 Å². The fourth-order valence-corrected chi connectivity index (χ4v) is 4.68. The molecule has 7 nitrogen and oxygen atoms in total. The second-order valence-electron chi connectivity index (χ2n) is 5.86. The molecular formula is C18H16N2O5S3. The lowest BCUT2D eigenvalue weighted by atomic mass is 10.2. The number of aryl methyl sites for hydroxylation is 1. The normalized spacial score (nSPS) is 16.1. The topological polar surface area (TPSA) is 95.9 Å². The van der Waals surface area contributed by atoms with E-state index in [-0.39, 0.29) is 25.6 Å². The molecule has 1 amide bonds. The minimum Gasteiger partial charge on any atom is -0.504 e. The average molecular weight is 437 g/mol. The lowest BCUT2D eigenvalue weighted by Gasteiger charge is -2.16. The molecule has 28 heavy (non-hydrogen) atoms. The van der Waals surface area contributed by atoms with Crippen LogP contribution in [0.2, 0.25) is 0 Å². The molecule has 1 heterocycles. The first-order valence-electron chi connectivity index (χ1n) is 7.95. The molecule has 2 aromatic rings. The maximum absolute atomic E-state index is 12.6. The molecule has 0 aromatic heterocycles. The Morgan fingerprint density at radius 2 is 1.89 bits per heavy atom. The third-order valence-corrected chi connectivity index (χ3v) is 6.46. The van der Waals surface area contributed by atoms with E-state index in [2.05, 4.69) is 4.83 Å². The number of thiocarbonyl (C=S) groups is 1. The highest BCUT2D eigenvalue weighted by atomic mass is 32.2. The summed E-state index contributed by atoms with van der Waals surface area (Å²) in [5, 5.41) is 10.5. The molecular weight excluding hydrogens is 420 g/mol. The van der Waals surface area contributed by atoms with Gasteiger partial charge in [-0.25, -0.2) is 13.4 Å². The molecule has 0 radical (unpaired) electrons. The van der Waals surface area contributed by atoms with Gasteiger partial charge in [-0.3, -0.25) is 4.79 Å². The van der Waals surface area contributed by atoms with Crippen LogP contribution in [0.1, 0.15) is 11.1 Å². The number of hydrogen-bond acceptors (Lipinski definition) is 7. The van der Waals surface area contributed by atoms with Crippen LogP contribution in [0.3, 0.4) is 0 Å². The van der Waals surface area contributed by atoms with Crippen LogP contribution in [0.15, 0.2) is 52.3 Å². The van der Waals surface area contributed by atoms with E-state index in [1.807, 2.05) is 6.92 Å². The fourth-order valence-electron chi connectivity index (χ4n) is 2.37. The molecule has 0 bridgehead atoms.